The standard InChI is InChI=1S/C10H9BrO/c11-7-1-2-9-3-5-10(8-12)6-4-9/h1,3-8H,2H2. The van der Waals surface area contributed by atoms with Gasteiger partial charge in [-0.05, 0) is 17.0 Å². The molecular formula is C10H9BrO. The number of halogens is 1. The second-order valence-corrected chi connectivity index (χ2v) is 2.95. The Morgan fingerprint density at radius 1 is 1.25 bits per heavy atom. The highest BCUT2D eigenvalue weighted by Gasteiger charge is 1.90. The molecule has 1 rings (SSSR count). The van der Waals surface area contributed by atoms with Crippen LogP contribution >= 0.6 is 15.9 Å². The largest absolute Gasteiger partial charge is 0.298 e. The predicted octanol–water partition coefficient (Wildman–Crippen LogP) is 2.95. The number of carbonyl (C=O) groups is 1. The van der Waals surface area contributed by atoms with Gasteiger partial charge in [-0.1, -0.05) is 46.3 Å². The first-order valence-corrected chi connectivity index (χ1v) is 4.57. The molecule has 0 aromatic heterocycles. The summed E-state index contributed by atoms with van der Waals surface area (Å²) in [4.78, 5) is 12.1. The molecule has 0 radical (unpaired) electrons. The van der Waals surface area contributed by atoms with Crippen molar-refractivity contribution in [1.82, 2.24) is 0 Å². The number of hydrogen-bond acceptors (Lipinski definition) is 1. The van der Waals surface area contributed by atoms with Gasteiger partial charge in [0.1, 0.15) is 6.29 Å². The quantitative estimate of drug-likeness (QED) is 0.722. The maximum Gasteiger partial charge on any atom is 0.150 e. The second-order valence-electron chi connectivity index (χ2n) is 2.43. The van der Waals surface area contributed by atoms with Crippen molar-refractivity contribution in [3.05, 3.63) is 46.5 Å². The summed E-state index contributed by atoms with van der Waals surface area (Å²) in [6.45, 7) is 0. The van der Waals surface area contributed by atoms with E-state index in [-0.39, 0.29) is 0 Å². The first kappa shape index (κ1) is 9.20. The van der Waals surface area contributed by atoms with Crippen molar-refractivity contribution in [2.45, 2.75) is 6.42 Å². The van der Waals surface area contributed by atoms with Gasteiger partial charge < -0.3 is 0 Å². The zero-order valence-electron chi connectivity index (χ0n) is 6.53. The van der Waals surface area contributed by atoms with E-state index in [0.717, 1.165) is 18.3 Å². The van der Waals surface area contributed by atoms with Crippen molar-refractivity contribution in [3.63, 3.8) is 0 Å². The highest BCUT2D eigenvalue weighted by Crippen LogP contribution is 2.04. The van der Waals surface area contributed by atoms with Crippen LogP contribution in [0.3, 0.4) is 0 Å². The lowest BCUT2D eigenvalue weighted by atomic mass is 10.1. The van der Waals surface area contributed by atoms with E-state index in [1.165, 1.54) is 5.56 Å². The number of rotatable bonds is 3. The van der Waals surface area contributed by atoms with Gasteiger partial charge in [0.15, 0.2) is 0 Å². The molecule has 0 heterocycles. The number of hydrogen-bond donors (Lipinski definition) is 0. The van der Waals surface area contributed by atoms with Crippen molar-refractivity contribution in [1.29, 1.82) is 0 Å². The first-order valence-electron chi connectivity index (χ1n) is 3.66. The van der Waals surface area contributed by atoms with Crippen LogP contribution in [0, 0.1) is 0 Å². The smallest absolute Gasteiger partial charge is 0.150 e. The molecule has 0 unspecified atom stereocenters. The van der Waals surface area contributed by atoms with E-state index in [1.807, 2.05) is 35.3 Å². The minimum absolute atomic E-state index is 0.724. The Bertz CT molecular complexity index is 274. The lowest BCUT2D eigenvalue weighted by Gasteiger charge is -1.95. The van der Waals surface area contributed by atoms with Crippen LogP contribution in [-0.2, 0) is 6.42 Å². The third-order valence-corrected chi connectivity index (χ3v) is 1.93. The fourth-order valence-corrected chi connectivity index (χ4v) is 1.10. The Morgan fingerprint density at radius 2 is 1.92 bits per heavy atom. The van der Waals surface area contributed by atoms with Crippen LogP contribution in [0.25, 0.3) is 0 Å². The van der Waals surface area contributed by atoms with Crippen LogP contribution < -0.4 is 0 Å². The zero-order chi connectivity index (χ0) is 8.81. The molecule has 0 saturated carbocycles. The van der Waals surface area contributed by atoms with Crippen molar-refractivity contribution < 1.29 is 4.79 Å². The third kappa shape index (κ3) is 2.62. The average Bonchev–Trinajstić information content (AvgIpc) is 2.15. The van der Waals surface area contributed by atoms with Crippen LogP contribution in [0.2, 0.25) is 0 Å². The molecule has 1 aromatic rings. The number of aldehydes is 1. The van der Waals surface area contributed by atoms with Gasteiger partial charge in [0.2, 0.25) is 0 Å². The summed E-state index contributed by atoms with van der Waals surface area (Å²) >= 11 is 3.20. The topological polar surface area (TPSA) is 17.1 Å². The van der Waals surface area contributed by atoms with Gasteiger partial charge in [-0.25, -0.2) is 0 Å². The van der Waals surface area contributed by atoms with Gasteiger partial charge in [0, 0.05) is 5.56 Å². The number of allylic oxidation sites excluding steroid dienone is 1. The molecular weight excluding hydrogens is 216 g/mol. The highest BCUT2D eigenvalue weighted by atomic mass is 79.9. The van der Waals surface area contributed by atoms with Crippen LogP contribution in [0.15, 0.2) is 35.3 Å². The van der Waals surface area contributed by atoms with Crippen LogP contribution in [0.1, 0.15) is 15.9 Å². The molecule has 0 atom stereocenters. The molecule has 0 bridgehead atoms. The molecule has 0 aliphatic carbocycles. The van der Waals surface area contributed by atoms with Gasteiger partial charge in [-0.3, -0.25) is 4.79 Å². The van der Waals surface area contributed by atoms with E-state index in [9.17, 15) is 4.79 Å². The Kier molecular flexibility index (Phi) is 3.74. The van der Waals surface area contributed by atoms with Crippen molar-refractivity contribution in [3.8, 4) is 0 Å². The molecule has 12 heavy (non-hydrogen) atoms. The summed E-state index contributed by atoms with van der Waals surface area (Å²) in [5.41, 5.74) is 1.93. The van der Waals surface area contributed by atoms with E-state index in [0.29, 0.717) is 0 Å². The van der Waals surface area contributed by atoms with Gasteiger partial charge >= 0.3 is 0 Å². The minimum atomic E-state index is 0.724. The van der Waals surface area contributed by atoms with E-state index in [4.69, 9.17) is 0 Å². The van der Waals surface area contributed by atoms with Crippen LogP contribution in [0.4, 0.5) is 0 Å². The molecule has 0 aliphatic rings. The first-order chi connectivity index (χ1) is 5.86. The molecule has 0 amide bonds. The molecule has 0 saturated heterocycles. The third-order valence-electron chi connectivity index (χ3n) is 1.56. The fraction of sp³-hybridized carbons (Fsp3) is 0.100. The molecule has 0 aliphatic heterocycles. The summed E-state index contributed by atoms with van der Waals surface area (Å²) in [6.07, 6.45) is 3.75. The Morgan fingerprint density at radius 3 is 2.42 bits per heavy atom. The minimum Gasteiger partial charge on any atom is -0.298 e. The van der Waals surface area contributed by atoms with E-state index < -0.39 is 0 Å². The molecule has 62 valence electrons. The summed E-state index contributed by atoms with van der Waals surface area (Å²) in [6, 6.07) is 7.56. The van der Waals surface area contributed by atoms with Crippen molar-refractivity contribution in [2.24, 2.45) is 0 Å². The van der Waals surface area contributed by atoms with Crippen molar-refractivity contribution >= 4 is 22.2 Å². The van der Waals surface area contributed by atoms with Crippen molar-refractivity contribution in [2.75, 3.05) is 0 Å². The molecule has 0 fully saturated rings. The number of carbonyl (C=O) groups excluding carboxylic acids is 1. The Labute approximate surface area is 80.2 Å². The second kappa shape index (κ2) is 4.88. The van der Waals surface area contributed by atoms with Gasteiger partial charge in [-0.15, -0.1) is 0 Å². The van der Waals surface area contributed by atoms with Gasteiger partial charge in [0.05, 0.1) is 0 Å². The predicted molar refractivity (Wildman–Crippen MR) is 53.6 cm³/mol. The SMILES string of the molecule is O=Cc1ccc(CC=CBr)cc1. The van der Waals surface area contributed by atoms with E-state index >= 15 is 0 Å². The molecule has 0 N–H and O–H groups in total. The van der Waals surface area contributed by atoms with Gasteiger partial charge in [0.25, 0.3) is 0 Å². The van der Waals surface area contributed by atoms with Crippen LogP contribution in [-0.4, -0.2) is 6.29 Å². The summed E-state index contributed by atoms with van der Waals surface area (Å²) in [5.74, 6) is 0. The average molecular weight is 225 g/mol. The summed E-state index contributed by atoms with van der Waals surface area (Å²) < 4.78 is 0. The van der Waals surface area contributed by atoms with E-state index in [1.54, 1.807) is 0 Å². The Hall–Kier alpha value is -0.890. The van der Waals surface area contributed by atoms with Crippen LogP contribution in [0.5, 0.6) is 0 Å². The highest BCUT2D eigenvalue weighted by molar-refractivity contribution is 9.11. The van der Waals surface area contributed by atoms with Gasteiger partial charge in [-0.2, -0.15) is 0 Å². The lowest BCUT2D eigenvalue weighted by Crippen LogP contribution is -1.82. The number of benzene rings is 1. The molecule has 0 spiro atoms. The zero-order valence-corrected chi connectivity index (χ0v) is 8.12. The summed E-state index contributed by atoms with van der Waals surface area (Å²) in [5, 5.41) is 0. The molecule has 1 nitrogen and oxygen atoms in total. The van der Waals surface area contributed by atoms with E-state index in [2.05, 4.69) is 15.9 Å². The molecule has 2 heteroatoms. The maximum atomic E-state index is 10.3. The lowest BCUT2D eigenvalue weighted by molar-refractivity contribution is 0.112. The molecule has 1 aromatic carbocycles. The monoisotopic (exact) mass is 224 g/mol. The normalized spacial score (nSPS) is 10.4. The Balaban J connectivity index is 2.70. The summed E-state index contributed by atoms with van der Waals surface area (Å²) in [7, 11) is 0. The fourth-order valence-electron chi connectivity index (χ4n) is 0.913. The maximum absolute atomic E-state index is 10.3.